The molecule has 1 aromatic heterocycles. The highest BCUT2D eigenvalue weighted by molar-refractivity contribution is 5.91. The van der Waals surface area contributed by atoms with Crippen molar-refractivity contribution in [3.8, 4) is 5.69 Å². The van der Waals surface area contributed by atoms with Crippen molar-refractivity contribution < 1.29 is 9.53 Å². The first-order chi connectivity index (χ1) is 10.7. The summed E-state index contributed by atoms with van der Waals surface area (Å²) >= 11 is 0. The van der Waals surface area contributed by atoms with Crippen molar-refractivity contribution in [3.63, 3.8) is 0 Å². The molecule has 0 atom stereocenters. The Labute approximate surface area is 130 Å². The second-order valence-electron chi connectivity index (χ2n) is 5.43. The average molecular weight is 302 g/mol. The molecule has 0 spiro atoms. The van der Waals surface area contributed by atoms with Crippen molar-refractivity contribution in [3.05, 3.63) is 42.2 Å². The van der Waals surface area contributed by atoms with E-state index in [4.69, 9.17) is 4.74 Å². The zero-order chi connectivity index (χ0) is 15.8. The van der Waals surface area contributed by atoms with Crippen LogP contribution in [-0.2, 0) is 4.74 Å². The zero-order valence-electron chi connectivity index (χ0n) is 13.0. The van der Waals surface area contributed by atoms with Crippen molar-refractivity contribution in [2.75, 3.05) is 19.8 Å². The summed E-state index contributed by atoms with van der Waals surface area (Å²) in [6, 6.07) is 9.48. The Hall–Kier alpha value is -2.21. The summed E-state index contributed by atoms with van der Waals surface area (Å²) in [6.07, 6.45) is 2.25. The van der Waals surface area contributed by atoms with Crippen molar-refractivity contribution in [1.29, 1.82) is 0 Å². The number of ether oxygens (including phenoxy) is 1. The molecule has 22 heavy (non-hydrogen) atoms. The maximum atomic E-state index is 12.0. The molecule has 0 fully saturated rings. The number of para-hydroxylation sites is 1. The van der Waals surface area contributed by atoms with Gasteiger partial charge in [-0.05, 0) is 24.5 Å². The average Bonchev–Trinajstić information content (AvgIpc) is 3.01. The molecule has 2 rings (SSSR count). The molecule has 1 N–H and O–H groups in total. The van der Waals surface area contributed by atoms with Gasteiger partial charge in [-0.1, -0.05) is 32.0 Å². The molecule has 6 nitrogen and oxygen atoms in total. The van der Waals surface area contributed by atoms with Gasteiger partial charge in [0, 0.05) is 19.8 Å². The maximum absolute atomic E-state index is 12.0. The molecule has 0 unspecified atom stereocenters. The van der Waals surface area contributed by atoms with E-state index in [-0.39, 0.29) is 5.91 Å². The van der Waals surface area contributed by atoms with Gasteiger partial charge >= 0.3 is 0 Å². The van der Waals surface area contributed by atoms with Gasteiger partial charge in [0.2, 0.25) is 0 Å². The minimum atomic E-state index is -0.217. The first kappa shape index (κ1) is 16.2. The van der Waals surface area contributed by atoms with Gasteiger partial charge < -0.3 is 10.1 Å². The lowest BCUT2D eigenvalue weighted by Crippen LogP contribution is -2.26. The van der Waals surface area contributed by atoms with Gasteiger partial charge in [-0.2, -0.15) is 9.90 Å². The first-order valence-corrected chi connectivity index (χ1v) is 7.50. The summed E-state index contributed by atoms with van der Waals surface area (Å²) in [6.45, 7) is 6.18. The molecular formula is C16H22N4O2. The fourth-order valence-electron chi connectivity index (χ4n) is 1.84. The van der Waals surface area contributed by atoms with Gasteiger partial charge in [0.25, 0.3) is 5.91 Å². The molecule has 1 amide bonds. The van der Waals surface area contributed by atoms with Gasteiger partial charge in [0.15, 0.2) is 5.69 Å². The third kappa shape index (κ3) is 4.96. The Morgan fingerprint density at radius 2 is 2.09 bits per heavy atom. The predicted octanol–water partition coefficient (Wildman–Crippen LogP) is 2.06. The zero-order valence-corrected chi connectivity index (χ0v) is 13.0. The number of carbonyl (C=O) groups is 1. The lowest BCUT2D eigenvalue weighted by molar-refractivity contribution is 0.0920. The Balaban J connectivity index is 1.75. The summed E-state index contributed by atoms with van der Waals surface area (Å²) in [7, 11) is 0. The van der Waals surface area contributed by atoms with Crippen LogP contribution in [0.3, 0.4) is 0 Å². The van der Waals surface area contributed by atoms with Crippen LogP contribution >= 0.6 is 0 Å². The standard InChI is InChI=1S/C16H22N4O2/c1-13(2)12-22-10-6-9-17-16(21)15-11-18-20(19-15)14-7-4-3-5-8-14/h3-5,7-8,11,13H,6,9-10,12H2,1-2H3,(H,17,21). The quantitative estimate of drug-likeness (QED) is 0.758. The van der Waals surface area contributed by atoms with Crippen LogP contribution in [0, 0.1) is 5.92 Å². The highest BCUT2D eigenvalue weighted by Gasteiger charge is 2.10. The third-order valence-electron chi connectivity index (χ3n) is 2.91. The first-order valence-electron chi connectivity index (χ1n) is 7.50. The van der Waals surface area contributed by atoms with Crippen LogP contribution in [0.5, 0.6) is 0 Å². The second kappa shape index (κ2) is 8.29. The number of amides is 1. The van der Waals surface area contributed by atoms with Gasteiger partial charge in [-0.25, -0.2) is 0 Å². The lowest BCUT2D eigenvalue weighted by Gasteiger charge is -2.06. The summed E-state index contributed by atoms with van der Waals surface area (Å²) in [5.74, 6) is 0.314. The number of nitrogens with one attached hydrogen (secondary N) is 1. The van der Waals surface area contributed by atoms with E-state index in [9.17, 15) is 4.79 Å². The molecule has 0 aliphatic carbocycles. The van der Waals surface area contributed by atoms with E-state index in [1.54, 1.807) is 0 Å². The van der Waals surface area contributed by atoms with Gasteiger partial charge in [0.05, 0.1) is 11.9 Å². The Morgan fingerprint density at radius 3 is 2.82 bits per heavy atom. The topological polar surface area (TPSA) is 69.0 Å². The lowest BCUT2D eigenvalue weighted by atomic mass is 10.2. The van der Waals surface area contributed by atoms with E-state index in [0.717, 1.165) is 18.7 Å². The fourth-order valence-corrected chi connectivity index (χ4v) is 1.84. The Morgan fingerprint density at radius 1 is 1.32 bits per heavy atom. The highest BCUT2D eigenvalue weighted by Crippen LogP contribution is 2.04. The van der Waals surface area contributed by atoms with Crippen LogP contribution in [0.4, 0.5) is 0 Å². The van der Waals surface area contributed by atoms with E-state index < -0.39 is 0 Å². The highest BCUT2D eigenvalue weighted by atomic mass is 16.5. The van der Waals surface area contributed by atoms with E-state index in [1.807, 2.05) is 30.3 Å². The van der Waals surface area contributed by atoms with Crippen molar-refractivity contribution >= 4 is 5.91 Å². The van der Waals surface area contributed by atoms with Crippen LogP contribution in [0.2, 0.25) is 0 Å². The van der Waals surface area contributed by atoms with Crippen LogP contribution in [0.25, 0.3) is 5.69 Å². The number of rotatable bonds is 8. The molecule has 2 aromatic rings. The SMILES string of the molecule is CC(C)COCCCNC(=O)c1cnn(-c2ccccc2)n1. The molecule has 1 heterocycles. The van der Waals surface area contributed by atoms with E-state index >= 15 is 0 Å². The van der Waals surface area contributed by atoms with Crippen molar-refractivity contribution in [1.82, 2.24) is 20.3 Å². The minimum absolute atomic E-state index is 0.217. The van der Waals surface area contributed by atoms with Crippen molar-refractivity contribution in [2.45, 2.75) is 20.3 Å². The summed E-state index contributed by atoms with van der Waals surface area (Å²) in [4.78, 5) is 13.4. The van der Waals surface area contributed by atoms with E-state index in [0.29, 0.717) is 24.8 Å². The Bertz CT molecular complexity index is 581. The predicted molar refractivity (Wildman–Crippen MR) is 84.0 cm³/mol. The van der Waals surface area contributed by atoms with Gasteiger partial charge in [0.1, 0.15) is 0 Å². The Kier molecular flexibility index (Phi) is 6.09. The number of aromatic nitrogens is 3. The van der Waals surface area contributed by atoms with E-state index in [2.05, 4.69) is 29.4 Å². The molecule has 0 saturated carbocycles. The number of nitrogens with zero attached hydrogens (tertiary/aromatic N) is 3. The monoisotopic (exact) mass is 302 g/mol. The summed E-state index contributed by atoms with van der Waals surface area (Å²) < 4.78 is 5.46. The number of carbonyl (C=O) groups excluding carboxylic acids is 1. The summed E-state index contributed by atoms with van der Waals surface area (Å²) in [5, 5.41) is 11.1. The second-order valence-corrected chi connectivity index (χ2v) is 5.43. The fraction of sp³-hybridized carbons (Fsp3) is 0.438. The molecule has 0 bridgehead atoms. The van der Waals surface area contributed by atoms with Crippen LogP contribution in [-0.4, -0.2) is 40.7 Å². The number of hydrogen-bond donors (Lipinski definition) is 1. The number of benzene rings is 1. The smallest absolute Gasteiger partial charge is 0.273 e. The van der Waals surface area contributed by atoms with Crippen LogP contribution in [0.15, 0.2) is 36.5 Å². The molecule has 0 radical (unpaired) electrons. The molecule has 0 saturated heterocycles. The normalized spacial score (nSPS) is 10.9. The molecule has 0 aliphatic heterocycles. The van der Waals surface area contributed by atoms with Crippen molar-refractivity contribution in [2.24, 2.45) is 5.92 Å². The molecule has 0 aliphatic rings. The van der Waals surface area contributed by atoms with E-state index in [1.165, 1.54) is 11.0 Å². The molecule has 1 aromatic carbocycles. The molecule has 6 heteroatoms. The van der Waals surface area contributed by atoms with Gasteiger partial charge in [-0.3, -0.25) is 4.79 Å². The molecule has 118 valence electrons. The largest absolute Gasteiger partial charge is 0.381 e. The summed E-state index contributed by atoms with van der Waals surface area (Å²) in [5.41, 5.74) is 1.13. The minimum Gasteiger partial charge on any atom is -0.381 e. The molecular weight excluding hydrogens is 280 g/mol. The maximum Gasteiger partial charge on any atom is 0.273 e. The third-order valence-corrected chi connectivity index (χ3v) is 2.91. The number of hydrogen-bond acceptors (Lipinski definition) is 4. The van der Waals surface area contributed by atoms with Crippen LogP contribution in [0.1, 0.15) is 30.8 Å². The van der Waals surface area contributed by atoms with Crippen LogP contribution < -0.4 is 5.32 Å². The van der Waals surface area contributed by atoms with Gasteiger partial charge in [-0.15, -0.1) is 5.10 Å².